The van der Waals surface area contributed by atoms with Gasteiger partial charge in [0.15, 0.2) is 0 Å². The van der Waals surface area contributed by atoms with Gasteiger partial charge < -0.3 is 15.5 Å². The van der Waals surface area contributed by atoms with Crippen molar-refractivity contribution in [2.24, 2.45) is 0 Å². The predicted octanol–water partition coefficient (Wildman–Crippen LogP) is 2.23. The minimum Gasteiger partial charge on any atom is -0.345 e. The lowest BCUT2D eigenvalue weighted by Crippen LogP contribution is -2.54. The molecule has 0 spiro atoms. The molecule has 2 atom stereocenters. The van der Waals surface area contributed by atoms with Crippen LogP contribution in [0.25, 0.3) is 0 Å². The zero-order valence-corrected chi connectivity index (χ0v) is 15.2. The van der Waals surface area contributed by atoms with Crippen molar-refractivity contribution in [3.8, 4) is 0 Å². The van der Waals surface area contributed by atoms with Gasteiger partial charge in [-0.05, 0) is 24.6 Å². The Hall–Kier alpha value is -2.37. The maximum Gasteiger partial charge on any atom is 0.255 e. The first-order chi connectivity index (χ1) is 12.7. The first-order valence-electron chi connectivity index (χ1n) is 9.40. The maximum atomic E-state index is 12.6. The van der Waals surface area contributed by atoms with Crippen molar-refractivity contribution in [3.05, 3.63) is 65.7 Å². The number of nitrogens with one attached hydrogen (secondary N) is 2. The number of hydrogen-bond donors (Lipinski definition) is 2. The molecule has 2 unspecified atom stereocenters. The second-order valence-electron chi connectivity index (χ2n) is 7.09. The number of carbonyl (C=O) groups is 1. The van der Waals surface area contributed by atoms with Crippen molar-refractivity contribution < 1.29 is 4.79 Å². The molecule has 2 aromatic rings. The molecule has 1 saturated heterocycles. The van der Waals surface area contributed by atoms with E-state index in [1.54, 1.807) is 0 Å². The number of amides is 1. The average molecular weight is 350 g/mol. The summed E-state index contributed by atoms with van der Waals surface area (Å²) >= 11 is 0. The fourth-order valence-corrected chi connectivity index (χ4v) is 3.96. The predicted molar refractivity (Wildman–Crippen MR) is 104 cm³/mol. The second-order valence-corrected chi connectivity index (χ2v) is 7.09. The lowest BCUT2D eigenvalue weighted by molar-refractivity contribution is 0.0922. The minimum atomic E-state index is -0.135. The van der Waals surface area contributed by atoms with E-state index in [2.05, 4.69) is 45.6 Å². The van der Waals surface area contributed by atoms with Crippen LogP contribution in [0.15, 0.2) is 54.6 Å². The van der Waals surface area contributed by atoms with Crippen LogP contribution < -0.4 is 15.5 Å². The Bertz CT molecular complexity index is 758. The Morgan fingerprint density at radius 1 is 1.04 bits per heavy atom. The largest absolute Gasteiger partial charge is 0.345 e. The van der Waals surface area contributed by atoms with E-state index in [1.165, 1.54) is 0 Å². The SMILES string of the molecule is CC(CN1c2ccccc2C(=O)NC1c1ccccc1)N1CCNCC1. The lowest BCUT2D eigenvalue weighted by Gasteiger charge is -2.43. The first-order valence-corrected chi connectivity index (χ1v) is 9.40. The smallest absolute Gasteiger partial charge is 0.255 e. The number of nitrogens with zero attached hydrogens (tertiary/aromatic N) is 2. The molecule has 1 fully saturated rings. The van der Waals surface area contributed by atoms with Crippen molar-refractivity contribution in [2.75, 3.05) is 37.6 Å². The number of rotatable bonds is 4. The van der Waals surface area contributed by atoms with Gasteiger partial charge in [0.1, 0.15) is 6.17 Å². The molecule has 5 heteroatoms. The Morgan fingerprint density at radius 3 is 2.50 bits per heavy atom. The molecule has 1 amide bonds. The van der Waals surface area contributed by atoms with Gasteiger partial charge in [0.05, 0.1) is 11.3 Å². The van der Waals surface area contributed by atoms with Gasteiger partial charge in [0.25, 0.3) is 5.91 Å². The van der Waals surface area contributed by atoms with Crippen LogP contribution in [0.2, 0.25) is 0 Å². The number of carbonyl (C=O) groups excluding carboxylic acids is 1. The van der Waals surface area contributed by atoms with Crippen molar-refractivity contribution in [3.63, 3.8) is 0 Å². The Kier molecular flexibility index (Phi) is 4.91. The van der Waals surface area contributed by atoms with Crippen LogP contribution in [-0.4, -0.2) is 49.6 Å². The number of benzene rings is 2. The van der Waals surface area contributed by atoms with E-state index in [9.17, 15) is 4.79 Å². The summed E-state index contributed by atoms with van der Waals surface area (Å²) in [6.45, 7) is 7.38. The number of anilines is 1. The molecule has 0 aromatic heterocycles. The van der Waals surface area contributed by atoms with E-state index in [1.807, 2.05) is 36.4 Å². The van der Waals surface area contributed by atoms with E-state index >= 15 is 0 Å². The van der Waals surface area contributed by atoms with Gasteiger partial charge in [-0.2, -0.15) is 0 Å². The summed E-state index contributed by atoms with van der Waals surface area (Å²) in [6.07, 6.45) is -0.135. The van der Waals surface area contributed by atoms with E-state index in [-0.39, 0.29) is 12.1 Å². The molecule has 5 nitrogen and oxygen atoms in total. The average Bonchev–Trinajstić information content (AvgIpc) is 2.71. The first kappa shape index (κ1) is 17.1. The van der Waals surface area contributed by atoms with Crippen molar-refractivity contribution in [2.45, 2.75) is 19.1 Å². The van der Waals surface area contributed by atoms with Gasteiger partial charge in [-0.25, -0.2) is 0 Å². The van der Waals surface area contributed by atoms with Crippen LogP contribution in [0.4, 0.5) is 5.69 Å². The Balaban J connectivity index is 1.66. The van der Waals surface area contributed by atoms with Gasteiger partial charge in [-0.1, -0.05) is 42.5 Å². The molecule has 2 aliphatic heterocycles. The Labute approximate surface area is 155 Å². The number of piperazine rings is 1. The lowest BCUT2D eigenvalue weighted by atomic mass is 10.0. The standard InChI is InChI=1S/C21H26N4O/c1-16(24-13-11-22-12-14-24)15-25-19-10-6-5-9-18(19)21(26)23-20(25)17-7-3-2-4-8-17/h2-10,16,20,22H,11-15H2,1H3,(H,23,26). The fraction of sp³-hybridized carbons (Fsp3) is 0.381. The highest BCUT2D eigenvalue weighted by molar-refractivity contribution is 6.02. The van der Waals surface area contributed by atoms with Crippen LogP contribution in [0, 0.1) is 0 Å². The number of para-hydroxylation sites is 1. The highest BCUT2D eigenvalue weighted by Gasteiger charge is 2.33. The topological polar surface area (TPSA) is 47.6 Å². The normalized spacial score (nSPS) is 21.8. The zero-order valence-electron chi connectivity index (χ0n) is 15.2. The van der Waals surface area contributed by atoms with Crippen LogP contribution in [-0.2, 0) is 0 Å². The van der Waals surface area contributed by atoms with E-state index in [4.69, 9.17) is 0 Å². The van der Waals surface area contributed by atoms with Gasteiger partial charge in [-0.3, -0.25) is 9.69 Å². The van der Waals surface area contributed by atoms with Gasteiger partial charge in [-0.15, -0.1) is 0 Å². The summed E-state index contributed by atoms with van der Waals surface area (Å²) in [5.74, 6) is 0.000489. The maximum absolute atomic E-state index is 12.6. The summed E-state index contributed by atoms with van der Waals surface area (Å²) in [6, 6.07) is 18.6. The quantitative estimate of drug-likeness (QED) is 0.888. The molecule has 0 saturated carbocycles. The van der Waals surface area contributed by atoms with E-state index in [0.717, 1.165) is 49.5 Å². The fourth-order valence-electron chi connectivity index (χ4n) is 3.96. The summed E-state index contributed by atoms with van der Waals surface area (Å²) in [5, 5.41) is 6.62. The molecular formula is C21H26N4O. The molecule has 0 radical (unpaired) electrons. The molecule has 0 aliphatic carbocycles. The van der Waals surface area contributed by atoms with Crippen molar-refractivity contribution >= 4 is 11.6 Å². The van der Waals surface area contributed by atoms with Crippen LogP contribution >= 0.6 is 0 Å². The zero-order chi connectivity index (χ0) is 17.9. The highest BCUT2D eigenvalue weighted by atomic mass is 16.2. The summed E-state index contributed by atoms with van der Waals surface area (Å²) in [7, 11) is 0. The van der Waals surface area contributed by atoms with E-state index in [0.29, 0.717) is 6.04 Å². The molecule has 136 valence electrons. The van der Waals surface area contributed by atoms with Crippen LogP contribution in [0.1, 0.15) is 29.0 Å². The third kappa shape index (κ3) is 3.32. The number of fused-ring (bicyclic) bond motifs is 1. The summed E-state index contributed by atoms with van der Waals surface area (Å²) in [5.41, 5.74) is 2.89. The van der Waals surface area contributed by atoms with Gasteiger partial charge in [0.2, 0.25) is 0 Å². The molecule has 4 rings (SSSR count). The molecule has 2 aromatic carbocycles. The van der Waals surface area contributed by atoms with E-state index < -0.39 is 0 Å². The summed E-state index contributed by atoms with van der Waals surface area (Å²) < 4.78 is 0. The molecule has 2 N–H and O–H groups in total. The van der Waals surface area contributed by atoms with Crippen LogP contribution in [0.5, 0.6) is 0 Å². The third-order valence-corrected chi connectivity index (χ3v) is 5.39. The van der Waals surface area contributed by atoms with Crippen molar-refractivity contribution in [1.82, 2.24) is 15.5 Å². The highest BCUT2D eigenvalue weighted by Crippen LogP contribution is 2.33. The molecule has 0 bridgehead atoms. The van der Waals surface area contributed by atoms with Gasteiger partial charge in [0, 0.05) is 38.8 Å². The summed E-state index contributed by atoms with van der Waals surface area (Å²) in [4.78, 5) is 17.5. The number of hydrogen-bond acceptors (Lipinski definition) is 4. The minimum absolute atomic E-state index is 0.000489. The molecule has 2 heterocycles. The molecular weight excluding hydrogens is 324 g/mol. The van der Waals surface area contributed by atoms with Crippen LogP contribution in [0.3, 0.4) is 0 Å². The third-order valence-electron chi connectivity index (χ3n) is 5.39. The molecule has 2 aliphatic rings. The van der Waals surface area contributed by atoms with Crippen molar-refractivity contribution in [1.29, 1.82) is 0 Å². The molecule has 26 heavy (non-hydrogen) atoms. The second kappa shape index (κ2) is 7.48. The van der Waals surface area contributed by atoms with Gasteiger partial charge >= 0.3 is 0 Å². The monoisotopic (exact) mass is 350 g/mol. The Morgan fingerprint density at radius 2 is 1.73 bits per heavy atom.